The molecule has 6 nitrogen and oxygen atoms in total. The van der Waals surface area contributed by atoms with Crippen LogP contribution < -0.4 is 0 Å². The van der Waals surface area contributed by atoms with Crippen LogP contribution in [-0.2, 0) is 0 Å². The van der Waals surface area contributed by atoms with Gasteiger partial charge in [0.2, 0.25) is 11.7 Å². The van der Waals surface area contributed by atoms with E-state index in [1.54, 1.807) is 0 Å². The first-order valence-corrected chi connectivity index (χ1v) is 7.41. The van der Waals surface area contributed by atoms with E-state index in [0.29, 0.717) is 11.7 Å². The summed E-state index contributed by atoms with van der Waals surface area (Å²) < 4.78 is 7.29. The lowest BCUT2D eigenvalue weighted by Crippen LogP contribution is -2.08. The van der Waals surface area contributed by atoms with Gasteiger partial charge in [0.25, 0.3) is 0 Å². The molecule has 0 bridgehead atoms. The number of hydrogen-bond acceptors (Lipinski definition) is 5. The first kappa shape index (κ1) is 12.5. The lowest BCUT2D eigenvalue weighted by Gasteiger charge is -2.20. The molecule has 1 saturated carbocycles. The van der Waals surface area contributed by atoms with E-state index in [1.165, 1.54) is 6.42 Å². The van der Waals surface area contributed by atoms with E-state index in [0.717, 1.165) is 35.3 Å². The maximum absolute atomic E-state index is 5.38. The molecule has 1 fully saturated rings. The molecule has 4 rings (SSSR count). The summed E-state index contributed by atoms with van der Waals surface area (Å²) >= 11 is 0. The van der Waals surface area contributed by atoms with Gasteiger partial charge in [0.15, 0.2) is 0 Å². The smallest absolute Gasteiger partial charge is 0.230 e. The number of nitrogens with zero attached hydrogens (tertiary/aromatic N) is 5. The molecule has 0 amide bonds. The molecule has 1 aliphatic rings. The second-order valence-electron chi connectivity index (χ2n) is 5.92. The quantitative estimate of drug-likeness (QED) is 0.737. The largest absolute Gasteiger partial charge is 0.339 e. The molecule has 2 aromatic heterocycles. The highest BCUT2D eigenvalue weighted by molar-refractivity contribution is 5.79. The van der Waals surface area contributed by atoms with E-state index in [9.17, 15) is 0 Å². The Bertz CT molecular complexity index is 784. The van der Waals surface area contributed by atoms with Crippen LogP contribution in [0.1, 0.15) is 51.0 Å². The van der Waals surface area contributed by atoms with Gasteiger partial charge in [-0.15, -0.1) is 5.10 Å². The summed E-state index contributed by atoms with van der Waals surface area (Å²) in [6.07, 6.45) is 3.57. The van der Waals surface area contributed by atoms with Crippen LogP contribution in [0.15, 0.2) is 22.7 Å². The SMILES string of the molecule is CC(C)n1nnc2cc(-c3noc(C4CCC4)n3)ccc21. The Balaban J connectivity index is 1.71. The zero-order valence-corrected chi connectivity index (χ0v) is 12.2. The fourth-order valence-corrected chi connectivity index (χ4v) is 2.64. The Labute approximate surface area is 122 Å². The van der Waals surface area contributed by atoms with E-state index in [-0.39, 0.29) is 6.04 Å². The molecule has 2 heterocycles. The summed E-state index contributed by atoms with van der Waals surface area (Å²) in [7, 11) is 0. The Morgan fingerprint density at radius 1 is 1.29 bits per heavy atom. The van der Waals surface area contributed by atoms with Crippen molar-refractivity contribution in [1.29, 1.82) is 0 Å². The van der Waals surface area contributed by atoms with Gasteiger partial charge in [-0.1, -0.05) is 16.8 Å². The van der Waals surface area contributed by atoms with E-state index < -0.39 is 0 Å². The van der Waals surface area contributed by atoms with Crippen LogP contribution >= 0.6 is 0 Å². The predicted molar refractivity (Wildman–Crippen MR) is 77.8 cm³/mol. The summed E-state index contributed by atoms with van der Waals surface area (Å²) in [5, 5.41) is 12.5. The van der Waals surface area contributed by atoms with Crippen molar-refractivity contribution < 1.29 is 4.52 Å². The average molecular weight is 283 g/mol. The van der Waals surface area contributed by atoms with Gasteiger partial charge >= 0.3 is 0 Å². The third-order valence-corrected chi connectivity index (χ3v) is 4.11. The summed E-state index contributed by atoms with van der Waals surface area (Å²) in [6, 6.07) is 6.27. The number of rotatable bonds is 3. The van der Waals surface area contributed by atoms with Crippen LogP contribution in [0.25, 0.3) is 22.4 Å². The summed E-state index contributed by atoms with van der Waals surface area (Å²) in [4.78, 5) is 4.52. The molecular weight excluding hydrogens is 266 g/mol. The van der Waals surface area contributed by atoms with Gasteiger partial charge in [0.05, 0.1) is 5.52 Å². The minimum absolute atomic E-state index is 0.288. The van der Waals surface area contributed by atoms with Gasteiger partial charge in [0.1, 0.15) is 5.52 Å². The van der Waals surface area contributed by atoms with Crippen molar-refractivity contribution in [2.45, 2.75) is 45.1 Å². The van der Waals surface area contributed by atoms with Crippen LogP contribution in [0, 0.1) is 0 Å². The molecule has 0 unspecified atom stereocenters. The topological polar surface area (TPSA) is 69.6 Å². The standard InChI is InChI=1S/C15H17N5O/c1-9(2)20-13-7-6-11(8-12(13)17-19-20)14-16-15(21-18-14)10-4-3-5-10/h6-10H,3-5H2,1-2H3. The molecule has 3 aromatic rings. The maximum atomic E-state index is 5.38. The number of aromatic nitrogens is 5. The van der Waals surface area contributed by atoms with Crippen LogP contribution in [0.5, 0.6) is 0 Å². The lowest BCUT2D eigenvalue weighted by atomic mass is 9.85. The Morgan fingerprint density at radius 2 is 2.14 bits per heavy atom. The van der Waals surface area contributed by atoms with Gasteiger partial charge < -0.3 is 4.52 Å². The van der Waals surface area contributed by atoms with Gasteiger partial charge in [-0.3, -0.25) is 0 Å². The van der Waals surface area contributed by atoms with Gasteiger partial charge in [0, 0.05) is 17.5 Å². The van der Waals surface area contributed by atoms with E-state index >= 15 is 0 Å². The molecular formula is C15H17N5O. The minimum atomic E-state index is 0.288. The van der Waals surface area contributed by atoms with Crippen molar-refractivity contribution in [3.8, 4) is 11.4 Å². The van der Waals surface area contributed by atoms with Gasteiger partial charge in [-0.05, 0) is 44.9 Å². The molecule has 0 radical (unpaired) electrons. The highest BCUT2D eigenvalue weighted by Crippen LogP contribution is 2.36. The number of benzene rings is 1. The van der Waals surface area contributed by atoms with Gasteiger partial charge in [-0.2, -0.15) is 4.98 Å². The molecule has 1 aliphatic carbocycles. The van der Waals surface area contributed by atoms with E-state index in [2.05, 4.69) is 34.3 Å². The molecule has 21 heavy (non-hydrogen) atoms. The van der Waals surface area contributed by atoms with Crippen molar-refractivity contribution >= 4 is 11.0 Å². The highest BCUT2D eigenvalue weighted by Gasteiger charge is 2.25. The Hall–Kier alpha value is -2.24. The normalized spacial score (nSPS) is 15.8. The van der Waals surface area contributed by atoms with Crippen LogP contribution in [-0.4, -0.2) is 25.1 Å². The van der Waals surface area contributed by atoms with Crippen LogP contribution in [0.4, 0.5) is 0 Å². The van der Waals surface area contributed by atoms with Crippen molar-refractivity contribution in [2.75, 3.05) is 0 Å². The summed E-state index contributed by atoms with van der Waals surface area (Å²) in [5.74, 6) is 1.86. The minimum Gasteiger partial charge on any atom is -0.339 e. The van der Waals surface area contributed by atoms with E-state index in [1.807, 2.05) is 22.9 Å². The predicted octanol–water partition coefficient (Wildman–Crippen LogP) is 3.33. The second kappa shape index (κ2) is 4.65. The molecule has 6 heteroatoms. The average Bonchev–Trinajstić information content (AvgIpc) is 3.02. The molecule has 0 N–H and O–H groups in total. The van der Waals surface area contributed by atoms with Gasteiger partial charge in [-0.25, -0.2) is 4.68 Å². The Morgan fingerprint density at radius 3 is 2.86 bits per heavy atom. The monoisotopic (exact) mass is 283 g/mol. The molecule has 108 valence electrons. The summed E-state index contributed by atoms with van der Waals surface area (Å²) in [6.45, 7) is 4.18. The molecule has 1 aromatic carbocycles. The number of fused-ring (bicyclic) bond motifs is 1. The fourth-order valence-electron chi connectivity index (χ4n) is 2.64. The van der Waals surface area contributed by atoms with Crippen molar-refractivity contribution in [1.82, 2.24) is 25.1 Å². The fraction of sp³-hybridized carbons (Fsp3) is 0.467. The highest BCUT2D eigenvalue weighted by atomic mass is 16.5. The van der Waals surface area contributed by atoms with Crippen molar-refractivity contribution in [3.63, 3.8) is 0 Å². The third-order valence-electron chi connectivity index (χ3n) is 4.11. The third kappa shape index (κ3) is 2.02. The first-order valence-electron chi connectivity index (χ1n) is 7.41. The second-order valence-corrected chi connectivity index (χ2v) is 5.92. The lowest BCUT2D eigenvalue weighted by molar-refractivity contribution is 0.292. The van der Waals surface area contributed by atoms with Crippen LogP contribution in [0.3, 0.4) is 0 Å². The van der Waals surface area contributed by atoms with E-state index in [4.69, 9.17) is 4.52 Å². The number of hydrogen-bond donors (Lipinski definition) is 0. The maximum Gasteiger partial charge on any atom is 0.230 e. The zero-order valence-electron chi connectivity index (χ0n) is 12.2. The molecule has 0 atom stereocenters. The molecule has 0 spiro atoms. The molecule has 0 aliphatic heterocycles. The zero-order chi connectivity index (χ0) is 14.4. The molecule has 0 saturated heterocycles. The Kier molecular flexibility index (Phi) is 2.77. The van der Waals surface area contributed by atoms with Crippen molar-refractivity contribution in [2.24, 2.45) is 0 Å². The van der Waals surface area contributed by atoms with Crippen molar-refractivity contribution in [3.05, 3.63) is 24.1 Å². The summed E-state index contributed by atoms with van der Waals surface area (Å²) in [5.41, 5.74) is 2.81. The first-order chi connectivity index (χ1) is 10.2. The van der Waals surface area contributed by atoms with Crippen LogP contribution in [0.2, 0.25) is 0 Å².